The van der Waals surface area contributed by atoms with Crippen molar-refractivity contribution in [2.24, 2.45) is 0 Å². The summed E-state index contributed by atoms with van der Waals surface area (Å²) >= 11 is 0. The molecule has 11 heavy (non-hydrogen) atoms. The van der Waals surface area contributed by atoms with Crippen LogP contribution in [-0.2, 0) is 0 Å². The van der Waals surface area contributed by atoms with E-state index in [1.165, 1.54) is 24.3 Å². The zero-order chi connectivity index (χ0) is 8.48. The van der Waals surface area contributed by atoms with E-state index in [1.807, 2.05) is 0 Å². The van der Waals surface area contributed by atoms with Crippen molar-refractivity contribution in [3.63, 3.8) is 0 Å². The molecule has 0 radical (unpaired) electrons. The Hall–Kier alpha value is 0.539. The third-order valence-electron chi connectivity index (χ3n) is 1.08. The zero-order valence-corrected chi connectivity index (χ0v) is 9.21. The van der Waals surface area contributed by atoms with Gasteiger partial charge in [0.15, 0.2) is 0 Å². The van der Waals surface area contributed by atoms with Crippen molar-refractivity contribution in [1.29, 1.82) is 0 Å². The Morgan fingerprint density at radius 1 is 1.00 bits per heavy atom. The molecule has 0 heterocycles. The van der Waals surface area contributed by atoms with Crippen LogP contribution in [0.3, 0.4) is 0 Å². The van der Waals surface area contributed by atoms with Gasteiger partial charge in [0, 0.05) is 0 Å². The maximum absolute atomic E-state index is 12.4. The van der Waals surface area contributed by atoms with Gasteiger partial charge in [0.05, 0.1) is 0 Å². The first-order chi connectivity index (χ1) is 5.00. The number of hydrogen-bond acceptors (Lipinski definition) is 0. The average Bonchev–Trinajstić information content (AvgIpc) is 1.86. The molecule has 0 N–H and O–H groups in total. The Kier molecular flexibility index (Phi) is 3.07. The summed E-state index contributed by atoms with van der Waals surface area (Å²) in [7, 11) is 14.1. The van der Waals surface area contributed by atoms with Crippen molar-refractivity contribution < 1.29 is 4.39 Å². The van der Waals surface area contributed by atoms with Crippen LogP contribution in [0.15, 0.2) is 24.3 Å². The SMILES string of the molecule is Fc1ccc([Se](Cl)(Cl)Cl)cc1. The monoisotopic (exact) mass is 280 g/mol. The molecule has 5 heteroatoms. The summed E-state index contributed by atoms with van der Waals surface area (Å²) in [5.41, 5.74) is 0. The molecule has 0 amide bonds. The predicted molar refractivity (Wildman–Crippen MR) is 49.3 cm³/mol. The van der Waals surface area contributed by atoms with Gasteiger partial charge in [-0.25, -0.2) is 0 Å². The fourth-order valence-corrected chi connectivity index (χ4v) is 3.13. The van der Waals surface area contributed by atoms with Crippen LogP contribution >= 0.6 is 30.3 Å². The number of hydrogen-bond donors (Lipinski definition) is 0. The molecule has 62 valence electrons. The first kappa shape index (κ1) is 9.63. The van der Waals surface area contributed by atoms with Crippen LogP contribution in [0.1, 0.15) is 0 Å². The third-order valence-corrected chi connectivity index (χ3v) is 5.55. The van der Waals surface area contributed by atoms with Gasteiger partial charge < -0.3 is 0 Å². The first-order valence-corrected chi connectivity index (χ1v) is 10.3. The molecule has 0 nitrogen and oxygen atoms in total. The van der Waals surface area contributed by atoms with Gasteiger partial charge in [0.1, 0.15) is 0 Å². The average molecular weight is 280 g/mol. The third kappa shape index (κ3) is 2.81. The van der Waals surface area contributed by atoms with E-state index in [-0.39, 0.29) is 5.82 Å². The van der Waals surface area contributed by atoms with Crippen LogP contribution in [0, 0.1) is 5.82 Å². The minimum absolute atomic E-state index is 0.319. The van der Waals surface area contributed by atoms with Gasteiger partial charge in [-0.3, -0.25) is 0 Å². The van der Waals surface area contributed by atoms with E-state index in [0.29, 0.717) is 4.46 Å². The van der Waals surface area contributed by atoms with Crippen molar-refractivity contribution in [3.05, 3.63) is 30.1 Å². The normalized spacial score (nSPS) is 13.1. The summed E-state index contributed by atoms with van der Waals surface area (Å²) < 4.78 is 13.0. The molecule has 0 aliphatic carbocycles. The molecular weight excluding hydrogens is 276 g/mol. The van der Waals surface area contributed by atoms with Crippen molar-refractivity contribution >= 4 is 44.9 Å². The van der Waals surface area contributed by atoms with Gasteiger partial charge in [-0.15, -0.1) is 0 Å². The van der Waals surface area contributed by atoms with Gasteiger partial charge >= 0.3 is 79.3 Å². The molecule has 0 aromatic heterocycles. The Morgan fingerprint density at radius 3 is 1.82 bits per heavy atom. The second-order valence-electron chi connectivity index (χ2n) is 1.86. The molecule has 0 spiro atoms. The predicted octanol–water partition coefficient (Wildman–Crippen LogP) is 2.69. The second-order valence-corrected chi connectivity index (χ2v) is 14.2. The van der Waals surface area contributed by atoms with E-state index in [0.717, 1.165) is 0 Å². The summed E-state index contributed by atoms with van der Waals surface area (Å²) in [4.78, 5) is 0. The van der Waals surface area contributed by atoms with Crippen LogP contribution in [-0.4, -0.2) is 10.1 Å². The molecule has 0 aliphatic rings. The van der Waals surface area contributed by atoms with Crippen molar-refractivity contribution in [2.45, 2.75) is 0 Å². The van der Waals surface area contributed by atoms with Crippen molar-refractivity contribution in [3.8, 4) is 0 Å². The maximum atomic E-state index is 12.4. The molecule has 0 bridgehead atoms. The second kappa shape index (κ2) is 3.51. The summed E-state index contributed by atoms with van der Waals surface area (Å²) in [6.45, 7) is 0. The summed E-state index contributed by atoms with van der Waals surface area (Å²) in [5, 5.41) is 0. The van der Waals surface area contributed by atoms with Crippen molar-refractivity contribution in [2.75, 3.05) is 0 Å². The quantitative estimate of drug-likeness (QED) is 0.694. The van der Waals surface area contributed by atoms with Gasteiger partial charge in [-0.2, -0.15) is 0 Å². The molecule has 1 aromatic rings. The standard InChI is InChI=1S/C6H4Cl3FSe/c7-11(8,9)6-3-1-5(10)2-4-6/h1-4H. The van der Waals surface area contributed by atoms with Crippen molar-refractivity contribution in [1.82, 2.24) is 0 Å². The molecule has 1 rings (SSSR count). The number of halogens is 4. The number of benzene rings is 1. The van der Waals surface area contributed by atoms with Gasteiger partial charge in [-0.05, 0) is 0 Å². The molecular formula is C6H4Cl3FSe. The fraction of sp³-hybridized carbons (Fsp3) is 0. The molecule has 0 atom stereocenters. The van der Waals surface area contributed by atoms with Gasteiger partial charge in [0.2, 0.25) is 0 Å². The number of rotatable bonds is 1. The van der Waals surface area contributed by atoms with Crippen LogP contribution in [0.25, 0.3) is 0 Å². The molecule has 1 aromatic carbocycles. The zero-order valence-electron chi connectivity index (χ0n) is 5.23. The van der Waals surface area contributed by atoms with Crippen LogP contribution < -0.4 is 4.46 Å². The van der Waals surface area contributed by atoms with Crippen LogP contribution in [0.5, 0.6) is 0 Å². The summed E-state index contributed by atoms with van der Waals surface area (Å²) in [5.74, 6) is -0.319. The van der Waals surface area contributed by atoms with E-state index in [4.69, 9.17) is 30.3 Å². The van der Waals surface area contributed by atoms with Crippen LogP contribution in [0.2, 0.25) is 0 Å². The minimum atomic E-state index is -2.97. The van der Waals surface area contributed by atoms with E-state index in [2.05, 4.69) is 0 Å². The van der Waals surface area contributed by atoms with E-state index in [9.17, 15) is 4.39 Å². The first-order valence-electron chi connectivity index (χ1n) is 2.68. The topological polar surface area (TPSA) is 0 Å². The Morgan fingerprint density at radius 2 is 1.45 bits per heavy atom. The van der Waals surface area contributed by atoms with Crippen LogP contribution in [0.4, 0.5) is 4.39 Å². The van der Waals surface area contributed by atoms with E-state index < -0.39 is 10.1 Å². The Balaban J connectivity index is 2.99. The summed E-state index contributed by atoms with van der Waals surface area (Å²) in [6.07, 6.45) is 0. The molecule has 0 aliphatic heterocycles. The van der Waals surface area contributed by atoms with Gasteiger partial charge in [0.25, 0.3) is 0 Å². The molecule has 0 saturated heterocycles. The Labute approximate surface area is 79.2 Å². The van der Waals surface area contributed by atoms with Gasteiger partial charge in [-0.1, -0.05) is 0 Å². The van der Waals surface area contributed by atoms with E-state index in [1.54, 1.807) is 0 Å². The molecule has 0 unspecified atom stereocenters. The molecule has 0 saturated carbocycles. The summed E-state index contributed by atoms with van der Waals surface area (Å²) in [6, 6.07) is 5.58. The fourth-order valence-electron chi connectivity index (χ4n) is 0.589. The molecule has 0 fully saturated rings. The van der Waals surface area contributed by atoms with E-state index >= 15 is 0 Å². The Bertz CT molecular complexity index is 241.